The first-order valence-electron chi connectivity index (χ1n) is 6.49. The molecule has 0 saturated heterocycles. The van der Waals surface area contributed by atoms with Crippen LogP contribution >= 0.6 is 0 Å². The average molecular weight is 255 g/mol. The van der Waals surface area contributed by atoms with Gasteiger partial charge in [0, 0.05) is 31.4 Å². The number of nitrogens with one attached hydrogen (secondary N) is 1. The number of aromatic nitrogens is 2. The molecular weight excluding hydrogens is 238 g/mol. The van der Waals surface area contributed by atoms with Crippen molar-refractivity contribution in [3.05, 3.63) is 60.4 Å². The number of imidazole rings is 1. The molecule has 0 aliphatic heterocycles. The van der Waals surface area contributed by atoms with Crippen molar-refractivity contribution in [3.8, 4) is 0 Å². The molecule has 4 heteroatoms. The van der Waals surface area contributed by atoms with E-state index in [1.165, 1.54) is 0 Å². The zero-order chi connectivity index (χ0) is 13.1. The molecule has 0 bridgehead atoms. The van der Waals surface area contributed by atoms with Gasteiger partial charge in [0.1, 0.15) is 11.4 Å². The van der Waals surface area contributed by atoms with E-state index in [1.807, 2.05) is 40.9 Å². The normalized spacial score (nSPS) is 12.9. The van der Waals surface area contributed by atoms with Crippen LogP contribution in [0.1, 0.15) is 18.4 Å². The van der Waals surface area contributed by atoms with Crippen LogP contribution < -0.4 is 5.32 Å². The maximum absolute atomic E-state index is 5.34. The monoisotopic (exact) mass is 255 g/mol. The van der Waals surface area contributed by atoms with E-state index in [2.05, 4.69) is 23.4 Å². The predicted molar refractivity (Wildman–Crippen MR) is 73.9 cm³/mol. The third-order valence-electron chi connectivity index (χ3n) is 3.13. The Balaban J connectivity index is 1.59. The molecule has 0 radical (unpaired) electrons. The first-order chi connectivity index (χ1) is 9.31. The van der Waals surface area contributed by atoms with Gasteiger partial charge >= 0.3 is 0 Å². The number of pyridine rings is 1. The molecule has 1 atom stereocenters. The molecule has 0 amide bonds. The number of nitrogens with zero attached hydrogens (tertiary/aromatic N) is 2. The van der Waals surface area contributed by atoms with Gasteiger partial charge in [0.05, 0.1) is 12.0 Å². The predicted octanol–water partition coefficient (Wildman–Crippen LogP) is 2.65. The molecule has 0 aromatic carbocycles. The van der Waals surface area contributed by atoms with Gasteiger partial charge in [-0.25, -0.2) is 4.98 Å². The second-order valence-corrected chi connectivity index (χ2v) is 4.76. The maximum Gasteiger partial charge on any atom is 0.137 e. The largest absolute Gasteiger partial charge is 0.469 e. The fourth-order valence-corrected chi connectivity index (χ4v) is 2.15. The molecule has 0 aliphatic carbocycles. The SMILES string of the molecule is CC(Cc1ccco1)NCc1cn2ccccc2n1. The molecule has 3 heterocycles. The van der Waals surface area contributed by atoms with E-state index in [9.17, 15) is 0 Å². The van der Waals surface area contributed by atoms with E-state index in [4.69, 9.17) is 4.42 Å². The lowest BCUT2D eigenvalue weighted by Gasteiger charge is -2.10. The Kier molecular flexibility index (Phi) is 3.33. The second-order valence-electron chi connectivity index (χ2n) is 4.76. The summed E-state index contributed by atoms with van der Waals surface area (Å²) >= 11 is 0. The van der Waals surface area contributed by atoms with Crippen LogP contribution in [-0.2, 0) is 13.0 Å². The van der Waals surface area contributed by atoms with Crippen molar-refractivity contribution in [1.82, 2.24) is 14.7 Å². The quantitative estimate of drug-likeness (QED) is 0.762. The molecule has 4 nitrogen and oxygen atoms in total. The molecule has 3 aromatic heterocycles. The summed E-state index contributed by atoms with van der Waals surface area (Å²) in [7, 11) is 0. The van der Waals surface area contributed by atoms with Gasteiger partial charge in [0.2, 0.25) is 0 Å². The van der Waals surface area contributed by atoms with Crippen LogP contribution in [0.5, 0.6) is 0 Å². The van der Waals surface area contributed by atoms with Gasteiger partial charge in [0.15, 0.2) is 0 Å². The van der Waals surface area contributed by atoms with Crippen molar-refractivity contribution in [3.63, 3.8) is 0 Å². The zero-order valence-corrected chi connectivity index (χ0v) is 10.9. The molecule has 0 spiro atoms. The summed E-state index contributed by atoms with van der Waals surface area (Å²) in [4.78, 5) is 4.56. The number of rotatable bonds is 5. The van der Waals surface area contributed by atoms with Crippen molar-refractivity contribution in [2.45, 2.75) is 25.9 Å². The number of hydrogen-bond donors (Lipinski definition) is 1. The van der Waals surface area contributed by atoms with E-state index in [0.29, 0.717) is 6.04 Å². The summed E-state index contributed by atoms with van der Waals surface area (Å²) in [5.74, 6) is 1.01. The minimum atomic E-state index is 0.357. The lowest BCUT2D eigenvalue weighted by atomic mass is 10.2. The van der Waals surface area contributed by atoms with Crippen molar-refractivity contribution in [1.29, 1.82) is 0 Å². The fourth-order valence-electron chi connectivity index (χ4n) is 2.15. The highest BCUT2D eigenvalue weighted by Gasteiger charge is 2.06. The van der Waals surface area contributed by atoms with E-state index < -0.39 is 0 Å². The van der Waals surface area contributed by atoms with Crippen LogP contribution in [0.3, 0.4) is 0 Å². The lowest BCUT2D eigenvalue weighted by molar-refractivity contribution is 0.455. The van der Waals surface area contributed by atoms with Gasteiger partial charge in [-0.05, 0) is 31.2 Å². The highest BCUT2D eigenvalue weighted by atomic mass is 16.3. The minimum Gasteiger partial charge on any atom is -0.469 e. The average Bonchev–Trinajstić information content (AvgIpc) is 3.04. The van der Waals surface area contributed by atoms with Crippen LogP contribution in [0.15, 0.2) is 53.4 Å². The maximum atomic E-state index is 5.34. The summed E-state index contributed by atoms with van der Waals surface area (Å²) < 4.78 is 7.38. The molecule has 1 unspecified atom stereocenters. The first-order valence-corrected chi connectivity index (χ1v) is 6.49. The van der Waals surface area contributed by atoms with Gasteiger partial charge in [-0.15, -0.1) is 0 Å². The second kappa shape index (κ2) is 5.28. The fraction of sp³-hybridized carbons (Fsp3) is 0.267. The van der Waals surface area contributed by atoms with Crippen molar-refractivity contribution in [2.24, 2.45) is 0 Å². The van der Waals surface area contributed by atoms with Crippen LogP contribution in [0, 0.1) is 0 Å². The van der Waals surface area contributed by atoms with Crippen LogP contribution in [0.4, 0.5) is 0 Å². The molecule has 1 N–H and O–H groups in total. The molecule has 3 rings (SSSR count). The van der Waals surface area contributed by atoms with Crippen LogP contribution in [-0.4, -0.2) is 15.4 Å². The van der Waals surface area contributed by atoms with Crippen LogP contribution in [0.25, 0.3) is 5.65 Å². The summed E-state index contributed by atoms with van der Waals surface area (Å²) in [6, 6.07) is 10.3. The Bertz CT molecular complexity index is 609. The topological polar surface area (TPSA) is 42.5 Å². The summed E-state index contributed by atoms with van der Waals surface area (Å²) in [5, 5.41) is 3.46. The molecule has 19 heavy (non-hydrogen) atoms. The third-order valence-corrected chi connectivity index (χ3v) is 3.13. The Hall–Kier alpha value is -2.07. The van der Waals surface area contributed by atoms with Gasteiger partial charge in [0.25, 0.3) is 0 Å². The third kappa shape index (κ3) is 2.85. The molecular formula is C15H17N3O. The van der Waals surface area contributed by atoms with Crippen molar-refractivity contribution in [2.75, 3.05) is 0 Å². The number of furan rings is 1. The Morgan fingerprint density at radius 2 is 2.26 bits per heavy atom. The minimum absolute atomic E-state index is 0.357. The standard InChI is InChI=1S/C15H17N3O/c1-12(9-14-5-4-8-19-14)16-10-13-11-18-7-3-2-6-15(18)17-13/h2-8,11-12,16H,9-10H2,1H3. The molecule has 98 valence electrons. The first kappa shape index (κ1) is 12.0. The summed E-state index contributed by atoms with van der Waals surface area (Å²) in [5.41, 5.74) is 2.04. The smallest absolute Gasteiger partial charge is 0.137 e. The highest BCUT2D eigenvalue weighted by molar-refractivity contribution is 5.39. The van der Waals surface area contributed by atoms with E-state index in [-0.39, 0.29) is 0 Å². The number of fused-ring (bicyclic) bond motifs is 1. The molecule has 0 saturated carbocycles. The van der Waals surface area contributed by atoms with Crippen LogP contribution in [0.2, 0.25) is 0 Å². The Morgan fingerprint density at radius 3 is 3.05 bits per heavy atom. The summed E-state index contributed by atoms with van der Waals surface area (Å²) in [6.45, 7) is 2.92. The van der Waals surface area contributed by atoms with E-state index in [0.717, 1.165) is 30.1 Å². The molecule has 0 fully saturated rings. The zero-order valence-electron chi connectivity index (χ0n) is 10.9. The van der Waals surface area contributed by atoms with Gasteiger partial charge in [-0.1, -0.05) is 6.07 Å². The van der Waals surface area contributed by atoms with Crippen molar-refractivity contribution < 1.29 is 4.42 Å². The highest BCUT2D eigenvalue weighted by Crippen LogP contribution is 2.06. The van der Waals surface area contributed by atoms with Gasteiger partial charge in [-0.2, -0.15) is 0 Å². The molecule has 0 aliphatic rings. The Morgan fingerprint density at radius 1 is 1.32 bits per heavy atom. The van der Waals surface area contributed by atoms with E-state index >= 15 is 0 Å². The van der Waals surface area contributed by atoms with E-state index in [1.54, 1.807) is 6.26 Å². The number of hydrogen-bond acceptors (Lipinski definition) is 3. The van der Waals surface area contributed by atoms with Gasteiger partial charge in [-0.3, -0.25) is 0 Å². The summed E-state index contributed by atoms with van der Waals surface area (Å²) in [6.07, 6.45) is 6.67. The van der Waals surface area contributed by atoms with Gasteiger partial charge < -0.3 is 14.1 Å². The van der Waals surface area contributed by atoms with Crippen molar-refractivity contribution >= 4 is 5.65 Å². The molecule has 3 aromatic rings. The Labute approximate surface area is 112 Å². The lowest BCUT2D eigenvalue weighted by Crippen LogP contribution is -2.27.